The Morgan fingerprint density at radius 2 is 1.79 bits per heavy atom. The molecule has 0 saturated carbocycles. The van der Waals surface area contributed by atoms with Gasteiger partial charge in [-0.1, -0.05) is 17.7 Å². The molecule has 2 N–H and O–H groups in total. The predicted molar refractivity (Wildman–Crippen MR) is 148 cm³/mol. The highest BCUT2D eigenvalue weighted by Crippen LogP contribution is 2.36. The molecule has 16 heteroatoms. The maximum Gasteiger partial charge on any atom is 0.433 e. The number of nitro groups is 1. The quantitative estimate of drug-likeness (QED) is 0.148. The van der Waals surface area contributed by atoms with E-state index in [4.69, 9.17) is 16.3 Å². The molecule has 3 aromatic heterocycles. The van der Waals surface area contributed by atoms with Crippen molar-refractivity contribution >= 4 is 57.5 Å². The van der Waals surface area contributed by atoms with Crippen molar-refractivity contribution < 1.29 is 32.4 Å². The van der Waals surface area contributed by atoms with Gasteiger partial charge in [-0.05, 0) is 41.8 Å². The van der Waals surface area contributed by atoms with Crippen molar-refractivity contribution in [2.75, 3.05) is 10.6 Å². The minimum Gasteiger partial charge on any atom is -0.457 e. The number of carbonyl (C=O) groups is 2. The molecule has 0 aliphatic rings. The summed E-state index contributed by atoms with van der Waals surface area (Å²) in [5.41, 5.74) is -2.25. The monoisotopic (exact) mass is 616 g/mol. The summed E-state index contributed by atoms with van der Waals surface area (Å²) in [6.45, 7) is 1.34. The number of nitrogens with zero attached hydrogens (tertiary/aromatic N) is 4. The lowest BCUT2D eigenvalue weighted by atomic mass is 10.2. The molecule has 5 rings (SSSR count). The van der Waals surface area contributed by atoms with Crippen molar-refractivity contribution in [2.45, 2.75) is 13.1 Å². The molecule has 2 amide bonds. The molecule has 0 aliphatic heterocycles. The van der Waals surface area contributed by atoms with E-state index in [2.05, 4.69) is 20.7 Å². The highest BCUT2D eigenvalue weighted by Gasteiger charge is 2.37. The van der Waals surface area contributed by atoms with Crippen LogP contribution in [0.25, 0.3) is 16.2 Å². The SMILES string of the molecule is CC(=O)Nc1ccc(Oc2cc(NC(=O)c3nn4c(C(F)(F)F)cc(-c5cccs5)nc4c3Cl)cc([N+](=O)[O-])c2)cc1. The van der Waals surface area contributed by atoms with Crippen molar-refractivity contribution in [3.8, 4) is 22.1 Å². The fourth-order valence-corrected chi connectivity index (χ4v) is 4.78. The molecule has 0 atom stereocenters. The van der Waals surface area contributed by atoms with E-state index >= 15 is 0 Å². The maximum absolute atomic E-state index is 13.9. The highest BCUT2D eigenvalue weighted by atomic mass is 35.5. The van der Waals surface area contributed by atoms with Gasteiger partial charge in [-0.3, -0.25) is 19.7 Å². The zero-order valence-electron chi connectivity index (χ0n) is 21.1. The molecule has 0 fully saturated rings. The van der Waals surface area contributed by atoms with Gasteiger partial charge in [-0.15, -0.1) is 11.3 Å². The van der Waals surface area contributed by atoms with Gasteiger partial charge < -0.3 is 15.4 Å². The summed E-state index contributed by atoms with van der Waals surface area (Å²) in [5.74, 6) is -1.09. The van der Waals surface area contributed by atoms with Gasteiger partial charge in [0.15, 0.2) is 17.0 Å². The van der Waals surface area contributed by atoms with E-state index < -0.39 is 44.8 Å². The van der Waals surface area contributed by atoms with Gasteiger partial charge >= 0.3 is 6.18 Å². The molecule has 5 aromatic rings. The van der Waals surface area contributed by atoms with Crippen LogP contribution in [0.4, 0.5) is 30.2 Å². The number of nitrogens with one attached hydrogen (secondary N) is 2. The van der Waals surface area contributed by atoms with E-state index in [0.717, 1.165) is 18.2 Å². The Morgan fingerprint density at radius 1 is 1.05 bits per heavy atom. The zero-order chi connectivity index (χ0) is 30.2. The topological polar surface area (TPSA) is 141 Å². The second-order valence-corrected chi connectivity index (χ2v) is 9.96. The molecule has 0 saturated heterocycles. The Labute approximate surface area is 242 Å². The van der Waals surface area contributed by atoms with Crippen LogP contribution < -0.4 is 15.4 Å². The van der Waals surface area contributed by atoms with Crippen LogP contribution in [-0.2, 0) is 11.0 Å². The number of rotatable bonds is 7. The number of hydrogen-bond acceptors (Lipinski definition) is 8. The highest BCUT2D eigenvalue weighted by molar-refractivity contribution is 7.13. The number of non-ortho nitro benzene ring substituents is 1. The fourth-order valence-electron chi connectivity index (χ4n) is 3.84. The molecule has 3 heterocycles. The predicted octanol–water partition coefficient (Wildman–Crippen LogP) is 7.04. The van der Waals surface area contributed by atoms with Crippen LogP contribution in [0, 0.1) is 10.1 Å². The third kappa shape index (κ3) is 6.01. The smallest absolute Gasteiger partial charge is 0.433 e. The number of alkyl halides is 3. The van der Waals surface area contributed by atoms with E-state index in [1.54, 1.807) is 29.6 Å². The zero-order valence-corrected chi connectivity index (χ0v) is 22.7. The fraction of sp³-hybridized carbons (Fsp3) is 0.0769. The summed E-state index contributed by atoms with van der Waals surface area (Å²) >= 11 is 7.48. The lowest BCUT2D eigenvalue weighted by Gasteiger charge is -2.10. The number of thiophene rings is 1. The molecule has 42 heavy (non-hydrogen) atoms. The van der Waals surface area contributed by atoms with Crippen molar-refractivity contribution in [1.82, 2.24) is 14.6 Å². The van der Waals surface area contributed by atoms with Crippen molar-refractivity contribution in [2.24, 2.45) is 0 Å². The third-order valence-corrected chi connectivity index (χ3v) is 6.82. The number of ether oxygens (including phenoxy) is 1. The number of carbonyl (C=O) groups excluding carboxylic acids is 2. The second kappa shape index (κ2) is 11.1. The van der Waals surface area contributed by atoms with Gasteiger partial charge in [0, 0.05) is 24.7 Å². The van der Waals surface area contributed by atoms with Gasteiger partial charge in [-0.2, -0.15) is 18.3 Å². The minimum atomic E-state index is -4.86. The summed E-state index contributed by atoms with van der Waals surface area (Å²) in [7, 11) is 0. The van der Waals surface area contributed by atoms with Crippen LogP contribution >= 0.6 is 22.9 Å². The Hall–Kier alpha value is -5.02. The lowest BCUT2D eigenvalue weighted by Crippen LogP contribution is -2.16. The molecule has 11 nitrogen and oxygen atoms in total. The molecule has 0 aliphatic carbocycles. The van der Waals surface area contributed by atoms with E-state index in [1.165, 1.54) is 36.5 Å². The molecule has 0 bridgehead atoms. The Balaban J connectivity index is 1.48. The van der Waals surface area contributed by atoms with Crippen LogP contribution in [0.15, 0.2) is 66.0 Å². The molecular weight excluding hydrogens is 601 g/mol. The van der Waals surface area contributed by atoms with Crippen LogP contribution in [0.1, 0.15) is 23.1 Å². The van der Waals surface area contributed by atoms with Crippen LogP contribution in [-0.4, -0.2) is 31.3 Å². The van der Waals surface area contributed by atoms with Gasteiger partial charge in [0.25, 0.3) is 11.6 Å². The van der Waals surface area contributed by atoms with E-state index in [9.17, 15) is 32.9 Å². The van der Waals surface area contributed by atoms with Crippen molar-refractivity contribution in [3.05, 3.63) is 92.6 Å². The first-order valence-electron chi connectivity index (χ1n) is 11.8. The number of benzene rings is 2. The Kier molecular flexibility index (Phi) is 7.53. The number of hydrogen-bond donors (Lipinski definition) is 2. The molecule has 2 aromatic carbocycles. The van der Waals surface area contributed by atoms with Crippen LogP contribution in [0.3, 0.4) is 0 Å². The largest absolute Gasteiger partial charge is 0.457 e. The lowest BCUT2D eigenvalue weighted by molar-refractivity contribution is -0.384. The summed E-state index contributed by atoms with van der Waals surface area (Å²) < 4.78 is 47.9. The molecule has 214 valence electrons. The van der Waals surface area contributed by atoms with Crippen molar-refractivity contribution in [3.63, 3.8) is 0 Å². The summed E-state index contributed by atoms with van der Waals surface area (Å²) in [6, 6.07) is 13.6. The number of aromatic nitrogens is 3. The second-order valence-electron chi connectivity index (χ2n) is 8.63. The average Bonchev–Trinajstić information content (AvgIpc) is 3.57. The molecular formula is C26H16ClF3N6O5S. The van der Waals surface area contributed by atoms with Crippen LogP contribution in [0.5, 0.6) is 11.5 Å². The van der Waals surface area contributed by atoms with Crippen molar-refractivity contribution in [1.29, 1.82) is 0 Å². The van der Waals surface area contributed by atoms with Gasteiger partial charge in [0.2, 0.25) is 5.91 Å². The minimum absolute atomic E-state index is 0.0100. The maximum atomic E-state index is 13.9. The number of fused-ring (bicyclic) bond motifs is 1. The van der Waals surface area contributed by atoms with Crippen LogP contribution in [0.2, 0.25) is 5.02 Å². The van der Waals surface area contributed by atoms with E-state index in [-0.39, 0.29) is 28.8 Å². The molecule has 0 unspecified atom stereocenters. The first-order valence-corrected chi connectivity index (χ1v) is 13.0. The molecule has 0 spiro atoms. The van der Waals surface area contributed by atoms with E-state index in [0.29, 0.717) is 15.1 Å². The Morgan fingerprint density at radius 3 is 2.40 bits per heavy atom. The van der Waals surface area contributed by atoms with E-state index in [1.807, 2.05) is 0 Å². The normalized spacial score (nSPS) is 11.4. The standard InChI is InChI=1S/C26H16ClF3N6O5S/c1-13(37)31-14-4-6-17(7-5-14)41-18-10-15(9-16(11-18)36(39)40)32-25(38)23-22(27)24-33-19(20-3-2-8-42-20)12-21(26(28,29)30)35(24)34-23/h2-12H,1H3,(H,31,37)(H,32,38). The first-order chi connectivity index (χ1) is 19.9. The molecule has 0 radical (unpaired) electrons. The Bertz CT molecular complexity index is 1840. The summed E-state index contributed by atoms with van der Waals surface area (Å²) in [4.78, 5) is 39.8. The number of halogens is 4. The van der Waals surface area contributed by atoms with Gasteiger partial charge in [0.05, 0.1) is 27.2 Å². The first kappa shape index (κ1) is 28.5. The van der Waals surface area contributed by atoms with Gasteiger partial charge in [0.1, 0.15) is 16.5 Å². The summed E-state index contributed by atoms with van der Waals surface area (Å²) in [5, 5.41) is 21.5. The third-order valence-electron chi connectivity index (χ3n) is 5.58. The summed E-state index contributed by atoms with van der Waals surface area (Å²) in [6.07, 6.45) is -4.86. The number of anilines is 2. The van der Waals surface area contributed by atoms with Gasteiger partial charge in [-0.25, -0.2) is 9.50 Å². The number of nitro benzene ring substituents is 1. The number of amides is 2. The average molecular weight is 617 g/mol.